The van der Waals surface area contributed by atoms with E-state index in [1.165, 1.54) is 18.2 Å². The molecular weight excluding hydrogens is 463 g/mol. The van der Waals surface area contributed by atoms with Crippen LogP contribution in [0.15, 0.2) is 57.1 Å². The van der Waals surface area contributed by atoms with E-state index < -0.39 is 0 Å². The van der Waals surface area contributed by atoms with Crippen LogP contribution in [-0.4, -0.2) is 65.9 Å². The number of benzene rings is 1. The van der Waals surface area contributed by atoms with E-state index >= 15 is 0 Å². The van der Waals surface area contributed by atoms with Crippen LogP contribution in [-0.2, 0) is 16.1 Å². The fourth-order valence-corrected chi connectivity index (χ4v) is 4.34. The average molecular weight is 489 g/mol. The van der Waals surface area contributed by atoms with Crippen molar-refractivity contribution in [3.05, 3.63) is 58.5 Å². The molecular formula is C23H26ClFN6O3. The first-order chi connectivity index (χ1) is 16.0. The van der Waals surface area contributed by atoms with E-state index in [1.807, 2.05) is 0 Å². The zero-order valence-corrected chi connectivity index (χ0v) is 19.3. The Hall–Kier alpha value is -3.08. The number of likely N-dealkylation sites (tertiary alicyclic amines) is 1. The first-order valence-electron chi connectivity index (χ1n) is 11.1. The third-order valence-electron chi connectivity index (χ3n) is 6.16. The minimum Gasteiger partial charge on any atom is -0.478 e. The first-order valence-corrected chi connectivity index (χ1v) is 11.1. The maximum absolute atomic E-state index is 13.7. The molecule has 1 aromatic heterocycles. The van der Waals surface area contributed by atoms with E-state index in [2.05, 4.69) is 25.5 Å². The van der Waals surface area contributed by atoms with Gasteiger partial charge in [0.05, 0.1) is 18.3 Å². The number of ether oxygens (including phenoxy) is 1. The average Bonchev–Trinajstić information content (AvgIpc) is 2.82. The van der Waals surface area contributed by atoms with E-state index in [0.717, 1.165) is 37.9 Å². The molecule has 0 atom stereocenters. The Morgan fingerprint density at radius 2 is 1.94 bits per heavy atom. The van der Waals surface area contributed by atoms with Gasteiger partial charge in [-0.25, -0.2) is 9.38 Å². The van der Waals surface area contributed by atoms with E-state index in [-0.39, 0.29) is 36.3 Å². The highest BCUT2D eigenvalue weighted by Crippen LogP contribution is 2.15. The maximum Gasteiger partial charge on any atom is 0.285 e. The molecule has 9 nitrogen and oxygen atoms in total. The molecule has 180 valence electrons. The van der Waals surface area contributed by atoms with Gasteiger partial charge in [0.15, 0.2) is 18.2 Å². The number of piperidine rings is 1. The second kappa shape index (κ2) is 10.5. The van der Waals surface area contributed by atoms with Crippen molar-refractivity contribution < 1.29 is 13.9 Å². The van der Waals surface area contributed by atoms with Crippen LogP contribution < -0.4 is 16.2 Å². The number of fused-ring (bicyclic) bond motifs is 2. The van der Waals surface area contributed by atoms with E-state index in [1.54, 1.807) is 22.9 Å². The summed E-state index contributed by atoms with van der Waals surface area (Å²) in [7, 11) is 0. The fourth-order valence-electron chi connectivity index (χ4n) is 4.34. The number of aromatic nitrogens is 1. The summed E-state index contributed by atoms with van der Waals surface area (Å²) < 4.78 is 20.7. The van der Waals surface area contributed by atoms with Crippen LogP contribution in [0, 0.1) is 5.82 Å². The lowest BCUT2D eigenvalue weighted by atomic mass is 10.1. The third kappa shape index (κ3) is 5.35. The van der Waals surface area contributed by atoms with Gasteiger partial charge in [-0.05, 0) is 55.6 Å². The van der Waals surface area contributed by atoms with Crippen molar-refractivity contribution in [2.24, 2.45) is 9.98 Å². The standard InChI is InChI=1S/C23H25FN6O3.ClH/c24-16-3-1-15-2-4-22(32)30(18(15)11-16)10-9-29-7-5-17(6-8-29)25-13-20-26-12-19-23(27-20)28-21(31)14-33-19;/h1-4,11-12,17,25H,5-10,13-14H2,(H,26,27,28,31);1H. The fraction of sp³-hybridized carbons (Fsp3) is 0.391. The lowest BCUT2D eigenvalue weighted by Gasteiger charge is -2.33. The lowest BCUT2D eigenvalue weighted by molar-refractivity contribution is -0.121. The molecule has 3 aliphatic rings. The van der Waals surface area contributed by atoms with Crippen molar-refractivity contribution in [3.8, 4) is 0 Å². The van der Waals surface area contributed by atoms with Crippen molar-refractivity contribution in [1.29, 1.82) is 0 Å². The zero-order chi connectivity index (χ0) is 22.8. The summed E-state index contributed by atoms with van der Waals surface area (Å²) in [6, 6.07) is 8.15. The quantitative estimate of drug-likeness (QED) is 0.638. The Labute approximate surface area is 201 Å². The summed E-state index contributed by atoms with van der Waals surface area (Å²) in [5.41, 5.74) is 0.518. The number of hydrogen-bond donors (Lipinski definition) is 2. The van der Waals surface area contributed by atoms with Crippen LogP contribution in [0.4, 0.5) is 4.39 Å². The van der Waals surface area contributed by atoms with Gasteiger partial charge in [0.2, 0.25) is 0 Å². The molecule has 0 bridgehead atoms. The molecule has 0 radical (unpaired) electrons. The highest BCUT2D eigenvalue weighted by Gasteiger charge is 2.24. The second-order valence-electron chi connectivity index (χ2n) is 8.36. The smallest absolute Gasteiger partial charge is 0.285 e. The Kier molecular flexibility index (Phi) is 7.40. The van der Waals surface area contributed by atoms with Gasteiger partial charge in [0.1, 0.15) is 11.7 Å². The summed E-state index contributed by atoms with van der Waals surface area (Å²) in [5, 5.41) is 7.41. The molecule has 34 heavy (non-hydrogen) atoms. The van der Waals surface area contributed by atoms with Gasteiger partial charge < -0.3 is 24.8 Å². The molecule has 2 N–H and O–H groups in total. The number of nitrogens with zero attached hydrogens (tertiary/aromatic N) is 4. The number of aliphatic imine (C=N–C) groups is 2. The van der Waals surface area contributed by atoms with Crippen molar-refractivity contribution in [2.45, 2.75) is 25.4 Å². The van der Waals surface area contributed by atoms with Crippen molar-refractivity contribution in [3.63, 3.8) is 0 Å². The number of pyridine rings is 1. The van der Waals surface area contributed by atoms with Gasteiger partial charge in [-0.3, -0.25) is 9.59 Å². The number of carbonyl (C=O) groups is 1. The molecule has 11 heteroatoms. The number of amidine groups is 2. The molecule has 1 saturated heterocycles. The van der Waals surface area contributed by atoms with Crippen LogP contribution >= 0.6 is 12.4 Å². The number of amides is 1. The monoisotopic (exact) mass is 488 g/mol. The van der Waals surface area contributed by atoms with Gasteiger partial charge in [0.25, 0.3) is 11.5 Å². The summed E-state index contributed by atoms with van der Waals surface area (Å²) in [5.74, 6) is 0.941. The summed E-state index contributed by atoms with van der Waals surface area (Å²) in [6.07, 6.45) is 3.52. The molecule has 2 aromatic rings. The molecule has 5 rings (SSSR count). The Bertz CT molecular complexity index is 1230. The maximum atomic E-state index is 13.7. The largest absolute Gasteiger partial charge is 0.478 e. The molecule has 0 saturated carbocycles. The van der Waals surface area contributed by atoms with Gasteiger partial charge in [-0.1, -0.05) is 0 Å². The Balaban J connectivity index is 0.00000274. The van der Waals surface area contributed by atoms with E-state index in [9.17, 15) is 14.0 Å². The first kappa shape index (κ1) is 24.1. The zero-order valence-electron chi connectivity index (χ0n) is 18.5. The number of halogens is 2. The van der Waals surface area contributed by atoms with Crippen molar-refractivity contribution >= 4 is 40.9 Å². The molecule has 1 fully saturated rings. The molecule has 0 unspecified atom stereocenters. The molecule has 1 amide bonds. The van der Waals surface area contributed by atoms with Gasteiger partial charge in [0, 0.05) is 25.2 Å². The summed E-state index contributed by atoms with van der Waals surface area (Å²) in [6.45, 7) is 3.56. The predicted molar refractivity (Wildman–Crippen MR) is 130 cm³/mol. The molecule has 0 spiro atoms. The number of nitrogens with one attached hydrogen (secondary N) is 2. The minimum atomic E-state index is -0.341. The van der Waals surface area contributed by atoms with Crippen LogP contribution in [0.5, 0.6) is 0 Å². The molecule has 0 aliphatic carbocycles. The molecule has 3 aliphatic heterocycles. The van der Waals surface area contributed by atoms with Crippen molar-refractivity contribution in [1.82, 2.24) is 20.1 Å². The Morgan fingerprint density at radius 1 is 1.15 bits per heavy atom. The van der Waals surface area contributed by atoms with Crippen LogP contribution in [0.2, 0.25) is 0 Å². The normalized spacial score (nSPS) is 18.7. The lowest BCUT2D eigenvalue weighted by Crippen LogP contribution is -2.48. The highest BCUT2D eigenvalue weighted by atomic mass is 35.5. The molecule has 4 heterocycles. The van der Waals surface area contributed by atoms with Gasteiger partial charge >= 0.3 is 0 Å². The third-order valence-corrected chi connectivity index (χ3v) is 6.16. The SMILES string of the molecule is Cl.O=C1COC2=CN=C(CNC3CCN(CCn4c(=O)ccc5ccc(F)cc54)CC3)NC2=N1. The van der Waals surface area contributed by atoms with Crippen molar-refractivity contribution in [2.75, 3.05) is 32.8 Å². The van der Waals surface area contributed by atoms with Crippen LogP contribution in [0.3, 0.4) is 0 Å². The van der Waals surface area contributed by atoms with Crippen LogP contribution in [0.1, 0.15) is 12.8 Å². The summed E-state index contributed by atoms with van der Waals surface area (Å²) >= 11 is 0. The number of rotatable bonds is 6. The molecule has 1 aromatic carbocycles. The van der Waals surface area contributed by atoms with E-state index in [4.69, 9.17) is 4.74 Å². The second-order valence-corrected chi connectivity index (χ2v) is 8.36. The van der Waals surface area contributed by atoms with Gasteiger partial charge in [-0.2, -0.15) is 4.99 Å². The highest BCUT2D eigenvalue weighted by molar-refractivity contribution is 6.15. The summed E-state index contributed by atoms with van der Waals surface area (Å²) in [4.78, 5) is 34.4. The topological polar surface area (TPSA) is 100 Å². The van der Waals surface area contributed by atoms with E-state index in [0.29, 0.717) is 42.1 Å². The Morgan fingerprint density at radius 3 is 2.76 bits per heavy atom. The number of carbonyl (C=O) groups excluding carboxylic acids is 1. The number of hydrogen-bond acceptors (Lipinski definition) is 7. The van der Waals surface area contributed by atoms with Crippen LogP contribution in [0.25, 0.3) is 10.9 Å². The van der Waals surface area contributed by atoms with Gasteiger partial charge in [-0.15, -0.1) is 12.4 Å². The minimum absolute atomic E-state index is 0. The predicted octanol–water partition coefficient (Wildman–Crippen LogP) is 1.41.